The van der Waals surface area contributed by atoms with Gasteiger partial charge in [0.05, 0.1) is 24.4 Å². The van der Waals surface area contributed by atoms with E-state index in [4.69, 9.17) is 9.47 Å². The minimum Gasteiger partial charge on any atom is -0.376 e. The molecule has 0 aromatic rings. The summed E-state index contributed by atoms with van der Waals surface area (Å²) < 4.78 is 15.7. The van der Waals surface area contributed by atoms with E-state index in [-0.39, 0.29) is 0 Å². The molecule has 9 saturated carbocycles. The fraction of sp³-hybridized carbons (Fsp3) is 1.00. The van der Waals surface area contributed by atoms with Crippen molar-refractivity contribution in [2.45, 2.75) is 305 Å². The summed E-state index contributed by atoms with van der Waals surface area (Å²) in [4.78, 5) is 3.33. The van der Waals surface area contributed by atoms with Crippen LogP contribution in [-0.4, -0.2) is 54.2 Å². The molecule has 3 nitrogen and oxygen atoms in total. The van der Waals surface area contributed by atoms with Crippen molar-refractivity contribution >= 4 is 6.71 Å². The van der Waals surface area contributed by atoms with Crippen molar-refractivity contribution in [1.82, 2.24) is 4.90 Å². The molecule has 3 saturated heterocycles. The van der Waals surface area contributed by atoms with Gasteiger partial charge in [0.2, 0.25) is 0 Å². The zero-order chi connectivity index (χ0) is 50.1. The van der Waals surface area contributed by atoms with Gasteiger partial charge in [-0.1, -0.05) is 117 Å². The van der Waals surface area contributed by atoms with Crippen LogP contribution < -0.4 is 0 Å². The summed E-state index contributed by atoms with van der Waals surface area (Å²) in [5.74, 6) is 16.2. The summed E-state index contributed by atoms with van der Waals surface area (Å²) in [7, 11) is 0. The maximum absolute atomic E-state index is 7.92. The summed E-state index contributed by atoms with van der Waals surface area (Å²) >= 11 is 0. The van der Waals surface area contributed by atoms with Gasteiger partial charge in [0.1, 0.15) is 0 Å². The van der Waals surface area contributed by atoms with Gasteiger partial charge >= 0.3 is 0 Å². The lowest BCUT2D eigenvalue weighted by Gasteiger charge is -2.65. The molecule has 12 fully saturated rings. The van der Waals surface area contributed by atoms with Crippen LogP contribution in [0.2, 0.25) is 17.5 Å². The van der Waals surface area contributed by atoms with E-state index >= 15 is 0 Å². The number of nitrogens with zero attached hydrogens (tertiary/aromatic N) is 1. The monoisotopic (exact) mass is 976 g/mol. The van der Waals surface area contributed by atoms with Gasteiger partial charge < -0.3 is 9.47 Å². The van der Waals surface area contributed by atoms with Crippen molar-refractivity contribution < 1.29 is 9.47 Å². The predicted octanol–water partition coefficient (Wildman–Crippen LogP) is 17.7. The molecule has 0 amide bonds. The number of ether oxygens (including phenoxy) is 2. The van der Waals surface area contributed by atoms with Crippen molar-refractivity contribution in [3.8, 4) is 0 Å². The van der Waals surface area contributed by atoms with E-state index in [0.717, 1.165) is 125 Å². The quantitative estimate of drug-likeness (QED) is 0.263. The largest absolute Gasteiger partial charge is 0.376 e. The van der Waals surface area contributed by atoms with E-state index in [1.54, 1.807) is 44.9 Å². The lowest BCUT2D eigenvalue weighted by molar-refractivity contribution is -0.165. The Kier molecular flexibility index (Phi) is 13.3. The van der Waals surface area contributed by atoms with Crippen LogP contribution in [0.25, 0.3) is 0 Å². The average molecular weight is 976 g/mol. The number of fused-ring (bicyclic) bond motifs is 7. The molecule has 0 bridgehead atoms. The second kappa shape index (κ2) is 18.3. The van der Waals surface area contributed by atoms with Crippen LogP contribution in [0.1, 0.15) is 245 Å². The number of rotatable bonds is 3. The van der Waals surface area contributed by atoms with Crippen molar-refractivity contribution in [1.29, 1.82) is 0 Å². The topological polar surface area (TPSA) is 21.7 Å². The van der Waals surface area contributed by atoms with Gasteiger partial charge in [-0.15, -0.1) is 0 Å². The van der Waals surface area contributed by atoms with E-state index in [1.165, 1.54) is 96.3 Å². The first-order valence-corrected chi connectivity index (χ1v) is 32.4. The van der Waals surface area contributed by atoms with E-state index in [9.17, 15) is 0 Å². The van der Waals surface area contributed by atoms with Crippen LogP contribution in [0.5, 0.6) is 0 Å². The number of likely N-dealkylation sites (tertiary alicyclic amines) is 1. The Balaban J connectivity index is 0.844. The Bertz CT molecular complexity index is 1850. The molecule has 71 heavy (non-hydrogen) atoms. The van der Waals surface area contributed by atoms with Gasteiger partial charge in [0.15, 0.2) is 6.71 Å². The Labute approximate surface area is 440 Å². The van der Waals surface area contributed by atoms with Gasteiger partial charge in [-0.2, -0.15) is 0 Å². The minimum absolute atomic E-state index is 0.354. The molecular weight excluding hydrogens is 862 g/mol. The highest BCUT2D eigenvalue weighted by Crippen LogP contribution is 2.69. The lowest BCUT2D eigenvalue weighted by Crippen LogP contribution is -2.65. The molecule has 0 N–H and O–H groups in total. The molecule has 402 valence electrons. The summed E-state index contributed by atoms with van der Waals surface area (Å²) in [6, 6.07) is 2.36. The summed E-state index contributed by atoms with van der Waals surface area (Å²) in [5.41, 5.74) is 2.09. The summed E-state index contributed by atoms with van der Waals surface area (Å²) in [5, 5.41) is 0. The lowest BCUT2D eigenvalue weighted by atomic mass is 9.20. The third-order valence-electron chi connectivity index (χ3n) is 26.6. The first-order valence-electron chi connectivity index (χ1n) is 32.4. The first-order chi connectivity index (χ1) is 33.3. The van der Waals surface area contributed by atoms with E-state index in [2.05, 4.69) is 109 Å². The molecule has 3 heterocycles. The van der Waals surface area contributed by atoms with E-state index in [1.807, 2.05) is 0 Å². The second-order valence-electron chi connectivity index (χ2n) is 35.4. The molecular formula is C67H114BNO2. The molecule has 0 radical (unpaired) electrons. The van der Waals surface area contributed by atoms with Crippen molar-refractivity contribution in [2.75, 3.05) is 0 Å². The molecule has 0 aromatic heterocycles. The highest BCUT2D eigenvalue weighted by molar-refractivity contribution is 6.65. The zero-order valence-corrected chi connectivity index (χ0v) is 49.3. The Morgan fingerprint density at radius 2 is 0.901 bits per heavy atom. The van der Waals surface area contributed by atoms with Crippen molar-refractivity contribution in [3.63, 3.8) is 0 Å². The third-order valence-corrected chi connectivity index (χ3v) is 26.6. The molecule has 12 rings (SSSR count). The van der Waals surface area contributed by atoms with E-state index < -0.39 is 0 Å². The first kappa shape index (κ1) is 51.7. The highest BCUT2D eigenvalue weighted by atomic mass is 16.5. The molecule has 0 spiro atoms. The van der Waals surface area contributed by atoms with Crippen LogP contribution >= 0.6 is 0 Å². The molecule has 25 atom stereocenters. The minimum atomic E-state index is 0.354. The molecule has 9 aliphatic carbocycles. The average Bonchev–Trinajstić information content (AvgIpc) is 3.61. The summed E-state index contributed by atoms with van der Waals surface area (Å²) in [6.07, 6.45) is 33.9. The number of hydrogen-bond acceptors (Lipinski definition) is 3. The van der Waals surface area contributed by atoms with Crippen LogP contribution in [-0.2, 0) is 9.47 Å². The molecule has 4 heteroatoms. The normalized spacial score (nSPS) is 51.3. The SMILES string of the molecule is CC(C)(C)CC1CC2OC3CCC([C@H]4C[C@H]5CC(C(C)(C)C)CC6CCC7CC(C(C)(C)C)CC4[C@H]7C65)CC3B3[C@@H]2C(C1)OC1C[C@@H](N2C4CCC(C(C)(C)C)C[C@H]4C4C[C@@H](C(C)(C)C)CC[C@H]42)CC[C@@H]31. The van der Waals surface area contributed by atoms with Gasteiger partial charge in [0.25, 0.3) is 0 Å². The van der Waals surface area contributed by atoms with Crippen molar-refractivity contribution in [2.24, 2.45) is 116 Å². The predicted molar refractivity (Wildman–Crippen MR) is 299 cm³/mol. The van der Waals surface area contributed by atoms with Crippen LogP contribution in [0.3, 0.4) is 0 Å². The zero-order valence-electron chi connectivity index (χ0n) is 49.3. The maximum atomic E-state index is 7.92. The van der Waals surface area contributed by atoms with Crippen LogP contribution in [0.4, 0.5) is 0 Å². The Hall–Kier alpha value is -0.0551. The Morgan fingerprint density at radius 3 is 1.48 bits per heavy atom. The fourth-order valence-corrected chi connectivity index (χ4v) is 23.5. The Morgan fingerprint density at radius 1 is 0.380 bits per heavy atom. The molecule has 0 aromatic carbocycles. The number of hydrogen-bond donors (Lipinski definition) is 0. The van der Waals surface area contributed by atoms with Gasteiger partial charge in [-0.05, 0) is 262 Å². The second-order valence-corrected chi connectivity index (χ2v) is 35.4. The van der Waals surface area contributed by atoms with Gasteiger partial charge in [0, 0.05) is 18.1 Å². The highest BCUT2D eigenvalue weighted by Gasteiger charge is 2.65. The van der Waals surface area contributed by atoms with Crippen LogP contribution in [0.15, 0.2) is 0 Å². The van der Waals surface area contributed by atoms with Crippen LogP contribution in [0, 0.1) is 116 Å². The molecule has 16 unspecified atom stereocenters. The molecule has 3 aliphatic heterocycles. The maximum Gasteiger partial charge on any atom is 0.162 e. The van der Waals surface area contributed by atoms with Gasteiger partial charge in [-0.25, -0.2) is 0 Å². The summed E-state index contributed by atoms with van der Waals surface area (Å²) in [6.45, 7) is 39.4. The van der Waals surface area contributed by atoms with E-state index in [0.29, 0.717) is 57.3 Å². The van der Waals surface area contributed by atoms with Gasteiger partial charge in [-0.3, -0.25) is 4.90 Å². The molecule has 12 aliphatic rings. The van der Waals surface area contributed by atoms with Crippen molar-refractivity contribution in [3.05, 3.63) is 0 Å². The standard InChI is InChI=1S/C67H114BNO2/c1-63(2,3)37-38-26-58-62-59(27-38)71-57-36-47(69-54-23-19-43(64(4,5)6)33-49(54)50-34-44(65(7,8)9)20-24-55(50)69)21-22-52(57)68(62)53-32-39(18-25-56(53)70-58)48-31-42-30-45(66(10,11)12)28-40-16-17-41-29-46(67(13,14)15)35-51(48)61(41)60(40)42/h38-62H,16-37H2,1-15H3/t38?,39?,40?,41?,42-,43+,44?,45?,46?,47+,48-,49?,50+,51?,52-,53?,54-,55?,56?,57?,58?,59?,60?,61+,62+/m1/s1. The fourth-order valence-electron chi connectivity index (χ4n) is 23.5. The smallest absolute Gasteiger partial charge is 0.162 e. The third kappa shape index (κ3) is 9.34.